The second-order valence-corrected chi connectivity index (χ2v) is 6.77. The van der Waals surface area contributed by atoms with E-state index in [0.29, 0.717) is 18.1 Å². The molecular weight excluding hydrogens is 390 g/mol. The number of nitrogens with zero attached hydrogens (tertiary/aromatic N) is 1. The van der Waals surface area contributed by atoms with Gasteiger partial charge in [0, 0.05) is 16.6 Å². The molecule has 7 heteroatoms. The molecule has 1 aromatic carbocycles. The molecule has 0 saturated carbocycles. The molecule has 0 saturated heterocycles. The molecule has 6 nitrogen and oxygen atoms in total. The summed E-state index contributed by atoms with van der Waals surface area (Å²) in [5.41, 5.74) is 1.40. The Balaban J connectivity index is 2.27. The summed E-state index contributed by atoms with van der Waals surface area (Å²) in [6.45, 7) is 6.31. The number of carbonyl (C=O) groups is 1. The first-order valence-electron chi connectivity index (χ1n) is 8.37. The Labute approximate surface area is 156 Å². The molecule has 25 heavy (non-hydrogen) atoms. The zero-order chi connectivity index (χ0) is 18.4. The summed E-state index contributed by atoms with van der Waals surface area (Å²) in [6, 6.07) is 5.51. The minimum Gasteiger partial charge on any atom is -0.478 e. The van der Waals surface area contributed by atoms with Crippen molar-refractivity contribution in [2.75, 3.05) is 13.7 Å². The lowest BCUT2D eigenvalue weighted by Crippen LogP contribution is -2.32. The highest BCUT2D eigenvalue weighted by Gasteiger charge is 2.34. The molecule has 3 atom stereocenters. The van der Waals surface area contributed by atoms with Gasteiger partial charge in [-0.3, -0.25) is 0 Å². The van der Waals surface area contributed by atoms with E-state index < -0.39 is 12.1 Å². The van der Waals surface area contributed by atoms with Crippen LogP contribution in [0, 0.1) is 0 Å². The molecule has 1 aliphatic rings. The van der Waals surface area contributed by atoms with Crippen LogP contribution in [0.5, 0.6) is 5.75 Å². The average molecular weight is 414 g/mol. The van der Waals surface area contributed by atoms with Crippen LogP contribution in [0.1, 0.15) is 39.2 Å². The maximum absolute atomic E-state index is 11.7. The third kappa shape index (κ3) is 4.95. The lowest BCUT2D eigenvalue weighted by Gasteiger charge is -2.20. The lowest BCUT2D eigenvalue weighted by molar-refractivity contribution is -0.147. The van der Waals surface area contributed by atoms with Gasteiger partial charge in [0.05, 0.1) is 7.11 Å². The van der Waals surface area contributed by atoms with E-state index in [9.17, 15) is 4.79 Å². The molecule has 2 rings (SSSR count). The predicted octanol–water partition coefficient (Wildman–Crippen LogP) is 3.70. The first-order valence-corrected chi connectivity index (χ1v) is 9.17. The molecule has 0 bridgehead atoms. The van der Waals surface area contributed by atoms with Gasteiger partial charge in [0.2, 0.25) is 0 Å². The fourth-order valence-electron chi connectivity index (χ4n) is 2.45. The zero-order valence-corrected chi connectivity index (χ0v) is 16.5. The molecule has 0 amide bonds. The summed E-state index contributed by atoms with van der Waals surface area (Å²) >= 11 is 3.47. The van der Waals surface area contributed by atoms with Gasteiger partial charge < -0.3 is 19.0 Å². The summed E-state index contributed by atoms with van der Waals surface area (Å²) < 4.78 is 17.4. The van der Waals surface area contributed by atoms with Crippen molar-refractivity contribution in [1.29, 1.82) is 0 Å². The molecule has 0 fully saturated rings. The number of esters is 1. The Morgan fingerprint density at radius 1 is 1.44 bits per heavy atom. The number of hydrogen-bond donors (Lipinski definition) is 0. The molecule has 0 radical (unpaired) electrons. The van der Waals surface area contributed by atoms with Gasteiger partial charge in [-0.05, 0) is 38.5 Å². The van der Waals surface area contributed by atoms with E-state index in [1.165, 1.54) is 7.11 Å². The van der Waals surface area contributed by atoms with E-state index in [1.807, 2.05) is 19.1 Å². The van der Waals surface area contributed by atoms with Crippen LogP contribution < -0.4 is 4.74 Å². The first-order chi connectivity index (χ1) is 12.0. The summed E-state index contributed by atoms with van der Waals surface area (Å²) in [4.78, 5) is 17.1. The second kappa shape index (κ2) is 9.20. The quantitative estimate of drug-likeness (QED) is 0.480. The van der Waals surface area contributed by atoms with Crippen molar-refractivity contribution in [3.8, 4) is 5.75 Å². The van der Waals surface area contributed by atoms with E-state index in [1.54, 1.807) is 13.0 Å². The van der Waals surface area contributed by atoms with Crippen LogP contribution in [0.15, 0.2) is 27.8 Å². The molecule has 0 aromatic heterocycles. The van der Waals surface area contributed by atoms with E-state index in [0.717, 1.165) is 22.9 Å². The number of ether oxygens (including phenoxy) is 3. The summed E-state index contributed by atoms with van der Waals surface area (Å²) in [7, 11) is 1.33. The van der Waals surface area contributed by atoms with Gasteiger partial charge in [0.1, 0.15) is 17.6 Å². The van der Waals surface area contributed by atoms with Gasteiger partial charge in [0.15, 0.2) is 12.2 Å². The molecular formula is C18H24BrNO5. The minimum absolute atomic E-state index is 0.184. The number of rotatable bonds is 8. The van der Waals surface area contributed by atoms with Gasteiger partial charge in [-0.2, -0.15) is 0 Å². The lowest BCUT2D eigenvalue weighted by atomic mass is 10.0. The van der Waals surface area contributed by atoms with Crippen molar-refractivity contribution in [3.05, 3.63) is 28.2 Å². The highest BCUT2D eigenvalue weighted by atomic mass is 79.9. The summed E-state index contributed by atoms with van der Waals surface area (Å²) in [5.74, 6) is 0.0873. The smallest absolute Gasteiger partial charge is 0.346 e. The Kier molecular flexibility index (Phi) is 7.25. The third-order valence-electron chi connectivity index (χ3n) is 3.86. The predicted molar refractivity (Wildman–Crippen MR) is 98.0 cm³/mol. The molecule has 1 heterocycles. The molecule has 0 N–H and O–H groups in total. The summed E-state index contributed by atoms with van der Waals surface area (Å²) in [5, 5.41) is 4.20. The van der Waals surface area contributed by atoms with Gasteiger partial charge in [0.25, 0.3) is 0 Å². The van der Waals surface area contributed by atoms with E-state index in [4.69, 9.17) is 19.0 Å². The van der Waals surface area contributed by atoms with Crippen LogP contribution in [0.25, 0.3) is 0 Å². The molecule has 138 valence electrons. The van der Waals surface area contributed by atoms with E-state index >= 15 is 0 Å². The van der Waals surface area contributed by atoms with Crippen LogP contribution in [-0.2, 0) is 19.1 Å². The van der Waals surface area contributed by atoms with Crippen LogP contribution in [0.2, 0.25) is 0 Å². The van der Waals surface area contributed by atoms with Crippen molar-refractivity contribution in [3.63, 3.8) is 0 Å². The van der Waals surface area contributed by atoms with Crippen molar-refractivity contribution < 1.29 is 23.8 Å². The van der Waals surface area contributed by atoms with Gasteiger partial charge in [-0.25, -0.2) is 4.79 Å². The molecule has 1 aliphatic heterocycles. The highest BCUT2D eigenvalue weighted by molar-refractivity contribution is 9.10. The Bertz CT molecular complexity index is 634. The van der Waals surface area contributed by atoms with Crippen LogP contribution in [-0.4, -0.2) is 43.7 Å². The number of hydrogen-bond acceptors (Lipinski definition) is 6. The second-order valence-electron chi connectivity index (χ2n) is 5.86. The molecule has 2 unspecified atom stereocenters. The minimum atomic E-state index is -0.732. The van der Waals surface area contributed by atoms with Crippen LogP contribution >= 0.6 is 15.9 Å². The summed E-state index contributed by atoms with van der Waals surface area (Å²) in [6.07, 6.45) is 0.826. The largest absolute Gasteiger partial charge is 0.478 e. The molecule has 0 aliphatic carbocycles. The van der Waals surface area contributed by atoms with Gasteiger partial charge in [-0.1, -0.05) is 34.4 Å². The van der Waals surface area contributed by atoms with Gasteiger partial charge in [-0.15, -0.1) is 0 Å². The van der Waals surface area contributed by atoms with Crippen molar-refractivity contribution in [2.24, 2.45) is 5.16 Å². The van der Waals surface area contributed by atoms with E-state index in [-0.39, 0.29) is 12.2 Å². The number of carbonyl (C=O) groups excluding carboxylic acids is 1. The van der Waals surface area contributed by atoms with Crippen molar-refractivity contribution in [2.45, 2.75) is 51.9 Å². The van der Waals surface area contributed by atoms with Crippen molar-refractivity contribution >= 4 is 27.6 Å². The van der Waals surface area contributed by atoms with Crippen molar-refractivity contribution in [1.82, 2.24) is 0 Å². The number of methoxy groups -OCH3 is 1. The normalized spacial score (nSPS) is 20.6. The third-order valence-corrected chi connectivity index (χ3v) is 4.36. The number of halogens is 1. The Morgan fingerprint density at radius 2 is 2.20 bits per heavy atom. The van der Waals surface area contributed by atoms with E-state index in [2.05, 4.69) is 28.0 Å². The zero-order valence-electron chi connectivity index (χ0n) is 15.0. The topological polar surface area (TPSA) is 66.4 Å². The SMILES string of the molecule is CCCCOC1C(c2cc(Br)ccc2O[C@@H](C)C(=O)OC)=NOC1C. The maximum Gasteiger partial charge on any atom is 0.346 e. The number of unbranched alkanes of at least 4 members (excludes halogenated alkanes) is 1. The standard InChI is InChI=1S/C18H24BrNO5/c1-5-6-9-23-17-11(2)25-20-16(17)14-10-13(19)7-8-15(14)24-12(3)18(21)22-4/h7-8,10-12,17H,5-6,9H2,1-4H3/t11?,12-,17?/m0/s1. The monoisotopic (exact) mass is 413 g/mol. The Morgan fingerprint density at radius 3 is 2.88 bits per heavy atom. The maximum atomic E-state index is 11.7. The van der Waals surface area contributed by atoms with Gasteiger partial charge >= 0.3 is 5.97 Å². The van der Waals surface area contributed by atoms with Crippen LogP contribution in [0.4, 0.5) is 0 Å². The number of benzene rings is 1. The Hall–Kier alpha value is -1.60. The number of oxime groups is 1. The van der Waals surface area contributed by atoms with Crippen LogP contribution in [0.3, 0.4) is 0 Å². The fourth-order valence-corrected chi connectivity index (χ4v) is 2.81. The average Bonchev–Trinajstić information content (AvgIpc) is 2.96. The fraction of sp³-hybridized carbons (Fsp3) is 0.556. The molecule has 0 spiro atoms. The molecule has 1 aromatic rings. The first kappa shape index (κ1) is 19.7. The highest BCUT2D eigenvalue weighted by Crippen LogP contribution is 2.30.